The summed E-state index contributed by atoms with van der Waals surface area (Å²) in [6.07, 6.45) is 0. The van der Waals surface area contributed by atoms with Crippen LogP contribution in [0.2, 0.25) is 0 Å². The van der Waals surface area contributed by atoms with Crippen LogP contribution in [0.15, 0.2) is 66.7 Å². The van der Waals surface area contributed by atoms with Gasteiger partial charge in [-0.2, -0.15) is 5.10 Å². The van der Waals surface area contributed by atoms with Crippen LogP contribution in [0.4, 0.5) is 0 Å². The van der Waals surface area contributed by atoms with Gasteiger partial charge in [-0.3, -0.25) is 0 Å². The van der Waals surface area contributed by atoms with E-state index in [0.29, 0.717) is 33.9 Å². The second-order valence-corrected chi connectivity index (χ2v) is 6.81. The summed E-state index contributed by atoms with van der Waals surface area (Å²) in [7, 11) is 0. The average Bonchev–Trinajstić information content (AvgIpc) is 3.17. The molecule has 0 radical (unpaired) electrons. The van der Waals surface area contributed by atoms with Crippen molar-refractivity contribution in [3.05, 3.63) is 66.7 Å². The molecule has 152 valence electrons. The zero-order valence-corrected chi connectivity index (χ0v) is 15.9. The Hall–Kier alpha value is -4.66. The van der Waals surface area contributed by atoms with E-state index in [2.05, 4.69) is 20.3 Å². The summed E-state index contributed by atoms with van der Waals surface area (Å²) in [6.45, 7) is 0. The third kappa shape index (κ3) is 3.14. The molecule has 0 aliphatic rings. The Kier molecular flexibility index (Phi) is 4.14. The molecule has 3 aromatic carbocycles. The molecule has 9 nitrogen and oxygen atoms in total. The van der Waals surface area contributed by atoms with Gasteiger partial charge in [0.05, 0.1) is 5.69 Å². The minimum Gasteiger partial charge on any atom is -0.508 e. The maximum absolute atomic E-state index is 9.98. The Morgan fingerprint density at radius 3 is 2.06 bits per heavy atom. The fourth-order valence-electron chi connectivity index (χ4n) is 3.24. The van der Waals surface area contributed by atoms with Gasteiger partial charge in [0.15, 0.2) is 23.1 Å². The van der Waals surface area contributed by atoms with Gasteiger partial charge in [-0.15, -0.1) is 10.2 Å². The second-order valence-electron chi connectivity index (χ2n) is 6.81. The SMILES string of the molecule is Oc1ccc(-n2nc(-c3cc(O)c(O)c(O)c3)c3nc(-c4ccccc4)nnc32)cc1. The van der Waals surface area contributed by atoms with Gasteiger partial charge in [0.2, 0.25) is 5.65 Å². The van der Waals surface area contributed by atoms with E-state index in [1.54, 1.807) is 12.1 Å². The van der Waals surface area contributed by atoms with Crippen LogP contribution >= 0.6 is 0 Å². The van der Waals surface area contributed by atoms with Crippen molar-refractivity contribution in [3.8, 4) is 51.3 Å². The fraction of sp³-hybridized carbons (Fsp3) is 0. The van der Waals surface area contributed by atoms with Crippen molar-refractivity contribution in [1.29, 1.82) is 0 Å². The molecular weight excluding hydrogens is 398 g/mol. The maximum atomic E-state index is 9.98. The van der Waals surface area contributed by atoms with Gasteiger partial charge in [0.25, 0.3) is 0 Å². The summed E-state index contributed by atoms with van der Waals surface area (Å²) in [5.41, 5.74) is 2.73. The van der Waals surface area contributed by atoms with Crippen molar-refractivity contribution in [1.82, 2.24) is 25.0 Å². The number of rotatable bonds is 3. The number of hydrogen-bond donors (Lipinski definition) is 4. The number of aromatic nitrogens is 5. The van der Waals surface area contributed by atoms with E-state index in [1.165, 1.54) is 28.9 Å². The van der Waals surface area contributed by atoms with Gasteiger partial charge in [0.1, 0.15) is 17.0 Å². The number of phenolic OH excluding ortho intramolecular Hbond substituents is 4. The van der Waals surface area contributed by atoms with Crippen molar-refractivity contribution < 1.29 is 20.4 Å². The Labute approximate surface area is 175 Å². The lowest BCUT2D eigenvalue weighted by Crippen LogP contribution is -2.00. The van der Waals surface area contributed by atoms with Crippen LogP contribution in [0.5, 0.6) is 23.0 Å². The first kappa shape index (κ1) is 18.4. The van der Waals surface area contributed by atoms with Crippen molar-refractivity contribution in [2.45, 2.75) is 0 Å². The highest BCUT2D eigenvalue weighted by atomic mass is 16.3. The first-order valence-corrected chi connectivity index (χ1v) is 9.25. The Morgan fingerprint density at radius 1 is 0.710 bits per heavy atom. The number of fused-ring (bicyclic) bond motifs is 1. The van der Waals surface area contributed by atoms with Crippen LogP contribution in [0, 0.1) is 0 Å². The van der Waals surface area contributed by atoms with Gasteiger partial charge in [-0.05, 0) is 36.4 Å². The van der Waals surface area contributed by atoms with Crippen LogP contribution < -0.4 is 0 Å². The fourth-order valence-corrected chi connectivity index (χ4v) is 3.24. The lowest BCUT2D eigenvalue weighted by atomic mass is 10.1. The van der Waals surface area contributed by atoms with Gasteiger partial charge >= 0.3 is 0 Å². The molecule has 0 bridgehead atoms. The van der Waals surface area contributed by atoms with E-state index in [4.69, 9.17) is 0 Å². The highest BCUT2D eigenvalue weighted by Gasteiger charge is 2.20. The summed E-state index contributed by atoms with van der Waals surface area (Å²) < 4.78 is 1.50. The molecule has 0 fully saturated rings. The molecule has 0 saturated heterocycles. The molecule has 0 unspecified atom stereocenters. The molecule has 2 heterocycles. The summed E-state index contributed by atoms with van der Waals surface area (Å²) >= 11 is 0. The van der Waals surface area contributed by atoms with Crippen molar-refractivity contribution in [2.75, 3.05) is 0 Å². The maximum Gasteiger partial charge on any atom is 0.204 e. The molecule has 0 atom stereocenters. The Bertz CT molecular complexity index is 1390. The molecule has 5 aromatic rings. The van der Waals surface area contributed by atoms with E-state index >= 15 is 0 Å². The zero-order valence-electron chi connectivity index (χ0n) is 15.9. The van der Waals surface area contributed by atoms with E-state index in [0.717, 1.165) is 5.56 Å². The standard InChI is InChI=1S/C22H15N5O4/c28-15-8-6-14(7-9-15)27-22-19(23-21(24-25-22)12-4-2-1-3-5-12)18(26-27)13-10-16(29)20(31)17(30)11-13/h1-11,28-31H. The van der Waals surface area contributed by atoms with Crippen LogP contribution in [-0.4, -0.2) is 45.4 Å². The van der Waals surface area contributed by atoms with Crippen molar-refractivity contribution in [3.63, 3.8) is 0 Å². The molecule has 5 rings (SSSR count). The summed E-state index contributed by atoms with van der Waals surface area (Å²) in [6, 6.07) is 18.2. The van der Waals surface area contributed by atoms with Crippen molar-refractivity contribution in [2.24, 2.45) is 0 Å². The number of phenols is 4. The van der Waals surface area contributed by atoms with E-state index in [-0.39, 0.29) is 5.75 Å². The third-order valence-electron chi connectivity index (χ3n) is 4.76. The quantitative estimate of drug-likeness (QED) is 0.330. The molecule has 4 N–H and O–H groups in total. The van der Waals surface area contributed by atoms with Crippen molar-refractivity contribution >= 4 is 11.2 Å². The Morgan fingerprint density at radius 2 is 1.39 bits per heavy atom. The minimum absolute atomic E-state index is 0.101. The van der Waals surface area contributed by atoms with Crippen LogP contribution in [0.25, 0.3) is 39.5 Å². The normalized spacial score (nSPS) is 11.1. The summed E-state index contributed by atoms with van der Waals surface area (Å²) in [5, 5.41) is 52.4. The highest BCUT2D eigenvalue weighted by molar-refractivity contribution is 5.90. The predicted octanol–water partition coefficient (Wildman–Crippen LogP) is 3.37. The number of aromatic hydroxyl groups is 4. The first-order chi connectivity index (χ1) is 15.0. The molecule has 0 amide bonds. The molecule has 9 heteroatoms. The monoisotopic (exact) mass is 413 g/mol. The Balaban J connectivity index is 1.79. The molecule has 2 aromatic heterocycles. The molecule has 0 spiro atoms. The zero-order chi connectivity index (χ0) is 21.5. The number of nitrogens with zero attached hydrogens (tertiary/aromatic N) is 5. The molecule has 31 heavy (non-hydrogen) atoms. The van der Waals surface area contributed by atoms with Gasteiger partial charge in [-0.1, -0.05) is 30.3 Å². The smallest absolute Gasteiger partial charge is 0.204 e. The molecule has 0 aliphatic heterocycles. The van der Waals surface area contributed by atoms with E-state index in [9.17, 15) is 20.4 Å². The largest absolute Gasteiger partial charge is 0.508 e. The third-order valence-corrected chi connectivity index (χ3v) is 4.76. The van der Waals surface area contributed by atoms with Gasteiger partial charge < -0.3 is 20.4 Å². The number of hydrogen-bond acceptors (Lipinski definition) is 8. The molecule has 0 aliphatic carbocycles. The summed E-state index contributed by atoms with van der Waals surface area (Å²) in [4.78, 5) is 4.64. The minimum atomic E-state index is -0.622. The predicted molar refractivity (Wildman–Crippen MR) is 112 cm³/mol. The lowest BCUT2D eigenvalue weighted by molar-refractivity contribution is 0.368. The average molecular weight is 413 g/mol. The molecule has 0 saturated carbocycles. The summed E-state index contributed by atoms with van der Waals surface area (Å²) in [5.74, 6) is -1.12. The van der Waals surface area contributed by atoms with Gasteiger partial charge in [0, 0.05) is 11.1 Å². The van der Waals surface area contributed by atoms with Crippen LogP contribution in [-0.2, 0) is 0 Å². The first-order valence-electron chi connectivity index (χ1n) is 9.25. The van der Waals surface area contributed by atoms with Crippen LogP contribution in [0.3, 0.4) is 0 Å². The van der Waals surface area contributed by atoms with Crippen LogP contribution in [0.1, 0.15) is 0 Å². The topological polar surface area (TPSA) is 137 Å². The number of benzene rings is 3. The lowest BCUT2D eigenvalue weighted by Gasteiger charge is -2.04. The molecular formula is C22H15N5O4. The van der Waals surface area contributed by atoms with E-state index in [1.807, 2.05) is 30.3 Å². The van der Waals surface area contributed by atoms with Gasteiger partial charge in [-0.25, -0.2) is 9.67 Å². The van der Waals surface area contributed by atoms with E-state index < -0.39 is 17.2 Å². The second kappa shape index (κ2) is 6.99. The highest BCUT2D eigenvalue weighted by Crippen LogP contribution is 2.40.